The topological polar surface area (TPSA) is 29.4 Å². The van der Waals surface area contributed by atoms with Gasteiger partial charge in [0.2, 0.25) is 6.08 Å². The summed E-state index contributed by atoms with van der Waals surface area (Å²) in [6.45, 7) is 1.71. The number of hydrogen-bond acceptors (Lipinski definition) is 2. The molecule has 1 aliphatic rings. The van der Waals surface area contributed by atoms with Gasteiger partial charge in [-0.15, -0.1) is 0 Å². The van der Waals surface area contributed by atoms with Gasteiger partial charge in [0.15, 0.2) is 0 Å². The first kappa shape index (κ1) is 7.89. The molecule has 0 aromatic carbocycles. The van der Waals surface area contributed by atoms with Gasteiger partial charge in [-0.2, -0.15) is 4.99 Å². The van der Waals surface area contributed by atoms with Crippen LogP contribution in [0.1, 0.15) is 6.92 Å². The summed E-state index contributed by atoms with van der Waals surface area (Å²) in [6, 6.07) is 0. The fraction of sp³-hybridized carbons (Fsp3) is 0.375. The third kappa shape index (κ3) is 1.85. The average molecular weight is 153 g/mol. The van der Waals surface area contributed by atoms with Crippen molar-refractivity contribution in [1.82, 2.24) is 0 Å². The summed E-state index contributed by atoms with van der Waals surface area (Å²) in [7, 11) is 0. The molecular formula is C8H8FNO. The first-order chi connectivity index (χ1) is 5.16. The molecule has 1 aliphatic carbocycles. The molecule has 0 amide bonds. The molecule has 0 unspecified atom stereocenters. The lowest BCUT2D eigenvalue weighted by Gasteiger charge is -2.17. The molecule has 0 N–H and O–H groups in total. The zero-order valence-electron chi connectivity index (χ0n) is 6.12. The molecule has 0 saturated carbocycles. The highest BCUT2D eigenvalue weighted by atomic mass is 19.1. The maximum absolute atomic E-state index is 12.5. The predicted octanol–water partition coefficient (Wildman–Crippen LogP) is 1.54. The second kappa shape index (κ2) is 2.81. The van der Waals surface area contributed by atoms with Gasteiger partial charge in [0, 0.05) is 0 Å². The molecule has 0 radical (unpaired) electrons. The number of alkyl halides is 1. The molecule has 0 saturated heterocycles. The molecule has 3 heteroatoms. The Morgan fingerprint density at radius 2 is 2.09 bits per heavy atom. The SMILES string of the molecule is CC1(N=C=O)C=CC(F)C=C1. The number of halogens is 1. The van der Waals surface area contributed by atoms with Crippen LogP contribution >= 0.6 is 0 Å². The van der Waals surface area contributed by atoms with Gasteiger partial charge in [-0.1, -0.05) is 12.2 Å². The number of carbonyl (C=O) groups excluding carboxylic acids is 1. The molecule has 0 heterocycles. The van der Waals surface area contributed by atoms with E-state index in [0.29, 0.717) is 0 Å². The van der Waals surface area contributed by atoms with E-state index in [2.05, 4.69) is 4.99 Å². The Labute approximate surface area is 64.1 Å². The quantitative estimate of drug-likeness (QED) is 0.319. The van der Waals surface area contributed by atoms with Gasteiger partial charge in [0.25, 0.3) is 0 Å². The molecule has 1 rings (SSSR count). The minimum atomic E-state index is -1.05. The molecule has 0 spiro atoms. The number of aliphatic imine (C=N–C) groups is 1. The highest BCUT2D eigenvalue weighted by Crippen LogP contribution is 2.19. The Bertz CT molecular complexity index is 237. The minimum absolute atomic E-state index is 0.690. The standard InChI is InChI=1S/C8H8FNO/c1-8(10-6-11)4-2-7(9)3-5-8/h2-5,7H,1H3. The summed E-state index contributed by atoms with van der Waals surface area (Å²) >= 11 is 0. The molecule has 0 bridgehead atoms. The van der Waals surface area contributed by atoms with Crippen molar-refractivity contribution in [2.24, 2.45) is 4.99 Å². The lowest BCUT2D eigenvalue weighted by molar-refractivity contribution is 0.457. The van der Waals surface area contributed by atoms with E-state index in [4.69, 9.17) is 0 Å². The molecule has 0 aliphatic heterocycles. The lowest BCUT2D eigenvalue weighted by atomic mass is 9.97. The van der Waals surface area contributed by atoms with Crippen LogP contribution in [-0.4, -0.2) is 17.8 Å². The van der Waals surface area contributed by atoms with Gasteiger partial charge < -0.3 is 0 Å². The molecule has 0 aromatic heterocycles. The number of hydrogen-bond donors (Lipinski definition) is 0. The van der Waals surface area contributed by atoms with Crippen molar-refractivity contribution in [2.75, 3.05) is 0 Å². The fourth-order valence-electron chi connectivity index (χ4n) is 0.866. The van der Waals surface area contributed by atoms with E-state index < -0.39 is 11.7 Å². The van der Waals surface area contributed by atoms with Gasteiger partial charge in [0.05, 0.1) is 0 Å². The van der Waals surface area contributed by atoms with Crippen LogP contribution in [0.25, 0.3) is 0 Å². The third-order valence-electron chi connectivity index (χ3n) is 1.52. The van der Waals surface area contributed by atoms with Crippen LogP contribution in [0.3, 0.4) is 0 Å². The van der Waals surface area contributed by atoms with Gasteiger partial charge in [-0.25, -0.2) is 9.18 Å². The summed E-state index contributed by atoms with van der Waals surface area (Å²) in [5.41, 5.74) is -0.690. The van der Waals surface area contributed by atoms with Crippen LogP contribution in [-0.2, 0) is 4.79 Å². The van der Waals surface area contributed by atoms with Crippen LogP contribution < -0.4 is 0 Å². The van der Waals surface area contributed by atoms with Crippen LogP contribution in [0.4, 0.5) is 4.39 Å². The number of nitrogens with zero attached hydrogens (tertiary/aromatic N) is 1. The highest BCUT2D eigenvalue weighted by Gasteiger charge is 2.19. The van der Waals surface area contributed by atoms with Gasteiger partial charge >= 0.3 is 0 Å². The van der Waals surface area contributed by atoms with Crippen molar-refractivity contribution in [1.29, 1.82) is 0 Å². The van der Waals surface area contributed by atoms with E-state index >= 15 is 0 Å². The van der Waals surface area contributed by atoms with Gasteiger partial charge in [0.1, 0.15) is 11.7 Å². The highest BCUT2D eigenvalue weighted by molar-refractivity contribution is 5.39. The maximum atomic E-state index is 12.5. The van der Waals surface area contributed by atoms with Crippen LogP contribution in [0, 0.1) is 0 Å². The largest absolute Gasteiger partial charge is 0.238 e. The van der Waals surface area contributed by atoms with Crippen LogP contribution in [0.2, 0.25) is 0 Å². The number of isocyanates is 1. The monoisotopic (exact) mass is 153 g/mol. The Hall–Kier alpha value is -1.21. The van der Waals surface area contributed by atoms with Crippen LogP contribution in [0.15, 0.2) is 29.3 Å². The van der Waals surface area contributed by atoms with Crippen molar-refractivity contribution in [3.63, 3.8) is 0 Å². The summed E-state index contributed by atoms with van der Waals surface area (Å²) in [5.74, 6) is 0. The third-order valence-corrected chi connectivity index (χ3v) is 1.52. The average Bonchev–Trinajstić information content (AvgIpc) is 1.97. The molecular weight excluding hydrogens is 145 g/mol. The fourth-order valence-corrected chi connectivity index (χ4v) is 0.866. The second-order valence-corrected chi connectivity index (χ2v) is 2.59. The van der Waals surface area contributed by atoms with E-state index in [1.165, 1.54) is 18.2 Å². The summed E-state index contributed by atoms with van der Waals surface area (Å²) in [6.07, 6.45) is 6.20. The number of rotatable bonds is 1. The van der Waals surface area contributed by atoms with Crippen molar-refractivity contribution >= 4 is 6.08 Å². The minimum Gasteiger partial charge on any atom is -0.238 e. The Kier molecular flexibility index (Phi) is 2.01. The summed E-state index contributed by atoms with van der Waals surface area (Å²) < 4.78 is 12.5. The van der Waals surface area contributed by atoms with Crippen LogP contribution in [0.5, 0.6) is 0 Å². The zero-order valence-corrected chi connectivity index (χ0v) is 6.12. The normalized spacial score (nSPS) is 34.9. The molecule has 0 aromatic rings. The van der Waals surface area contributed by atoms with Crippen molar-refractivity contribution < 1.29 is 9.18 Å². The Morgan fingerprint density at radius 3 is 2.55 bits per heavy atom. The van der Waals surface area contributed by atoms with E-state index in [9.17, 15) is 9.18 Å². The molecule has 0 atom stereocenters. The van der Waals surface area contributed by atoms with E-state index in [-0.39, 0.29) is 0 Å². The molecule has 11 heavy (non-hydrogen) atoms. The predicted molar refractivity (Wildman–Crippen MR) is 39.7 cm³/mol. The van der Waals surface area contributed by atoms with Crippen molar-refractivity contribution in [3.05, 3.63) is 24.3 Å². The number of allylic oxidation sites excluding steroid dienone is 2. The van der Waals surface area contributed by atoms with E-state index in [0.717, 1.165) is 0 Å². The summed E-state index contributed by atoms with van der Waals surface area (Å²) in [4.78, 5) is 13.4. The van der Waals surface area contributed by atoms with E-state index in [1.807, 2.05) is 0 Å². The Morgan fingerprint density at radius 1 is 1.55 bits per heavy atom. The summed E-state index contributed by atoms with van der Waals surface area (Å²) in [5, 5.41) is 0. The first-order valence-corrected chi connectivity index (χ1v) is 3.28. The Balaban J connectivity index is 2.84. The molecule has 58 valence electrons. The smallest absolute Gasteiger partial charge is 0.236 e. The molecule has 2 nitrogen and oxygen atoms in total. The van der Waals surface area contributed by atoms with Crippen molar-refractivity contribution in [2.45, 2.75) is 18.6 Å². The van der Waals surface area contributed by atoms with Gasteiger partial charge in [-0.3, -0.25) is 0 Å². The molecule has 0 fully saturated rings. The van der Waals surface area contributed by atoms with Crippen molar-refractivity contribution in [3.8, 4) is 0 Å². The lowest BCUT2D eigenvalue weighted by Crippen LogP contribution is -2.18. The van der Waals surface area contributed by atoms with Gasteiger partial charge in [-0.05, 0) is 19.1 Å². The second-order valence-electron chi connectivity index (χ2n) is 2.59. The zero-order chi connectivity index (χ0) is 8.32. The maximum Gasteiger partial charge on any atom is 0.236 e. The van der Waals surface area contributed by atoms with E-state index in [1.54, 1.807) is 19.1 Å². The first-order valence-electron chi connectivity index (χ1n) is 3.28.